The number of hydrogen-bond acceptors (Lipinski definition) is 1. The van der Waals surface area contributed by atoms with Gasteiger partial charge in [-0.15, -0.1) is 0 Å². The van der Waals surface area contributed by atoms with Crippen LogP contribution in [0.25, 0.3) is 0 Å². The molecule has 1 N–H and O–H groups in total. The predicted octanol–water partition coefficient (Wildman–Crippen LogP) is 4.89. The van der Waals surface area contributed by atoms with Crippen LogP contribution in [0.5, 0.6) is 0 Å². The first-order chi connectivity index (χ1) is 9.47. The van der Waals surface area contributed by atoms with Gasteiger partial charge in [-0.3, -0.25) is 0 Å². The third-order valence-corrected chi connectivity index (χ3v) is 4.03. The van der Waals surface area contributed by atoms with Crippen LogP contribution in [-0.2, 0) is 0 Å². The molecule has 0 bridgehead atoms. The van der Waals surface area contributed by atoms with Crippen LogP contribution < -0.4 is 5.32 Å². The van der Waals surface area contributed by atoms with Gasteiger partial charge in [0.1, 0.15) is 0 Å². The van der Waals surface area contributed by atoms with Gasteiger partial charge in [0.2, 0.25) is 0 Å². The first kappa shape index (κ1) is 15.2. The van der Waals surface area contributed by atoms with E-state index in [1.807, 2.05) is 0 Å². The van der Waals surface area contributed by atoms with Crippen molar-refractivity contribution >= 4 is 23.2 Å². The van der Waals surface area contributed by atoms with Crippen LogP contribution in [0.1, 0.15) is 22.7 Å². The highest BCUT2D eigenvalue weighted by Crippen LogP contribution is 2.34. The number of benzene rings is 2. The maximum absolute atomic E-state index is 14.1. The Labute approximate surface area is 126 Å². The zero-order valence-electron chi connectivity index (χ0n) is 11.0. The standard InChI is InChI=1S/C15H13Cl2F2N/c1-8-6-7-10(14(19)13(8)18)15(20-2)9-4-3-5-11(16)12(9)17/h3-7,15,20H,1-2H3. The molecule has 0 aromatic heterocycles. The summed E-state index contributed by atoms with van der Waals surface area (Å²) in [4.78, 5) is 0. The third kappa shape index (κ3) is 2.66. The van der Waals surface area contributed by atoms with Crippen molar-refractivity contribution in [3.63, 3.8) is 0 Å². The summed E-state index contributed by atoms with van der Waals surface area (Å²) in [6, 6.07) is 7.61. The second-order valence-corrected chi connectivity index (χ2v) is 5.25. The van der Waals surface area contributed by atoms with Crippen molar-refractivity contribution < 1.29 is 8.78 Å². The van der Waals surface area contributed by atoms with Crippen molar-refractivity contribution in [3.05, 3.63) is 68.7 Å². The molecule has 0 saturated carbocycles. The molecule has 0 aliphatic heterocycles. The number of nitrogens with one attached hydrogen (secondary N) is 1. The number of halogens is 4. The van der Waals surface area contributed by atoms with Gasteiger partial charge in [-0.05, 0) is 31.2 Å². The average Bonchev–Trinajstić information content (AvgIpc) is 2.44. The fourth-order valence-corrected chi connectivity index (χ4v) is 2.52. The third-order valence-electron chi connectivity index (χ3n) is 3.20. The zero-order valence-corrected chi connectivity index (χ0v) is 12.5. The molecule has 0 spiro atoms. The van der Waals surface area contributed by atoms with Crippen molar-refractivity contribution in [2.75, 3.05) is 7.05 Å². The Balaban J connectivity index is 2.59. The van der Waals surface area contributed by atoms with Crippen LogP contribution in [0, 0.1) is 18.6 Å². The van der Waals surface area contributed by atoms with E-state index < -0.39 is 17.7 Å². The molecule has 0 aliphatic rings. The second kappa shape index (κ2) is 6.08. The summed E-state index contributed by atoms with van der Waals surface area (Å²) >= 11 is 12.1. The summed E-state index contributed by atoms with van der Waals surface area (Å²) in [5.41, 5.74) is 1.06. The minimum absolute atomic E-state index is 0.194. The molecule has 20 heavy (non-hydrogen) atoms. The molecular formula is C15H13Cl2F2N. The van der Waals surface area contributed by atoms with E-state index in [4.69, 9.17) is 23.2 Å². The Kier molecular flexibility index (Phi) is 4.63. The Morgan fingerprint density at radius 2 is 1.70 bits per heavy atom. The Morgan fingerprint density at radius 1 is 1.00 bits per heavy atom. The van der Waals surface area contributed by atoms with E-state index >= 15 is 0 Å². The molecule has 2 aromatic rings. The minimum Gasteiger partial charge on any atom is -0.309 e. The SMILES string of the molecule is CNC(c1ccc(C)c(F)c1F)c1cccc(Cl)c1Cl. The lowest BCUT2D eigenvalue weighted by atomic mass is 9.97. The summed E-state index contributed by atoms with van der Waals surface area (Å²) in [6.07, 6.45) is 0. The molecule has 1 unspecified atom stereocenters. The lowest BCUT2D eigenvalue weighted by Gasteiger charge is -2.20. The summed E-state index contributed by atoms with van der Waals surface area (Å²) in [5, 5.41) is 3.64. The first-order valence-electron chi connectivity index (χ1n) is 6.03. The van der Waals surface area contributed by atoms with Crippen LogP contribution in [-0.4, -0.2) is 7.05 Å². The average molecular weight is 316 g/mol. The zero-order chi connectivity index (χ0) is 14.9. The molecular weight excluding hydrogens is 303 g/mol. The van der Waals surface area contributed by atoms with E-state index in [0.29, 0.717) is 15.6 Å². The molecule has 0 heterocycles. The smallest absolute Gasteiger partial charge is 0.164 e. The molecule has 1 nitrogen and oxygen atoms in total. The summed E-state index contributed by atoms with van der Waals surface area (Å²) in [5.74, 6) is -1.72. The molecule has 0 radical (unpaired) electrons. The Morgan fingerprint density at radius 3 is 2.35 bits per heavy atom. The molecule has 1 atom stereocenters. The fourth-order valence-electron chi connectivity index (χ4n) is 2.11. The van der Waals surface area contributed by atoms with Gasteiger partial charge in [0.05, 0.1) is 16.1 Å². The van der Waals surface area contributed by atoms with Crippen molar-refractivity contribution in [1.82, 2.24) is 5.32 Å². The number of hydrogen-bond donors (Lipinski definition) is 1. The maximum Gasteiger partial charge on any atom is 0.164 e. The molecule has 5 heteroatoms. The molecule has 2 aromatic carbocycles. The van der Waals surface area contributed by atoms with E-state index in [9.17, 15) is 8.78 Å². The number of rotatable bonds is 3. The summed E-state index contributed by atoms with van der Waals surface area (Å²) in [6.45, 7) is 1.52. The topological polar surface area (TPSA) is 12.0 Å². The number of aryl methyl sites for hydroxylation is 1. The van der Waals surface area contributed by atoms with Crippen molar-refractivity contribution in [3.8, 4) is 0 Å². The van der Waals surface area contributed by atoms with Crippen LogP contribution >= 0.6 is 23.2 Å². The minimum atomic E-state index is -0.875. The maximum atomic E-state index is 14.1. The van der Waals surface area contributed by atoms with E-state index in [-0.39, 0.29) is 11.1 Å². The van der Waals surface area contributed by atoms with E-state index in [1.165, 1.54) is 13.0 Å². The predicted molar refractivity (Wildman–Crippen MR) is 78.5 cm³/mol. The largest absolute Gasteiger partial charge is 0.309 e. The van der Waals surface area contributed by atoms with E-state index in [1.54, 1.807) is 31.3 Å². The van der Waals surface area contributed by atoms with Crippen LogP contribution in [0.3, 0.4) is 0 Å². The highest BCUT2D eigenvalue weighted by Gasteiger charge is 2.22. The van der Waals surface area contributed by atoms with Crippen LogP contribution in [0.2, 0.25) is 10.0 Å². The van der Waals surface area contributed by atoms with Gasteiger partial charge in [-0.25, -0.2) is 8.78 Å². The van der Waals surface area contributed by atoms with Crippen molar-refractivity contribution in [1.29, 1.82) is 0 Å². The van der Waals surface area contributed by atoms with Crippen LogP contribution in [0.15, 0.2) is 30.3 Å². The van der Waals surface area contributed by atoms with E-state index in [0.717, 1.165) is 0 Å². The monoisotopic (exact) mass is 315 g/mol. The van der Waals surface area contributed by atoms with Gasteiger partial charge >= 0.3 is 0 Å². The summed E-state index contributed by atoms with van der Waals surface area (Å²) < 4.78 is 27.8. The lowest BCUT2D eigenvalue weighted by molar-refractivity contribution is 0.482. The van der Waals surface area contributed by atoms with Crippen molar-refractivity contribution in [2.45, 2.75) is 13.0 Å². The van der Waals surface area contributed by atoms with Gasteiger partial charge < -0.3 is 5.32 Å². The van der Waals surface area contributed by atoms with Crippen LogP contribution in [0.4, 0.5) is 8.78 Å². The van der Waals surface area contributed by atoms with Gasteiger partial charge in [-0.1, -0.05) is 47.5 Å². The van der Waals surface area contributed by atoms with Gasteiger partial charge in [0, 0.05) is 5.56 Å². The highest BCUT2D eigenvalue weighted by atomic mass is 35.5. The molecule has 0 fully saturated rings. The summed E-state index contributed by atoms with van der Waals surface area (Å²) in [7, 11) is 1.65. The van der Waals surface area contributed by atoms with E-state index in [2.05, 4.69) is 5.32 Å². The second-order valence-electron chi connectivity index (χ2n) is 4.46. The molecule has 2 rings (SSSR count). The van der Waals surface area contributed by atoms with Gasteiger partial charge in [-0.2, -0.15) is 0 Å². The van der Waals surface area contributed by atoms with Gasteiger partial charge in [0.15, 0.2) is 11.6 Å². The Hall–Kier alpha value is -1.16. The van der Waals surface area contributed by atoms with Gasteiger partial charge in [0.25, 0.3) is 0 Å². The molecule has 106 valence electrons. The molecule has 0 amide bonds. The van der Waals surface area contributed by atoms with Crippen molar-refractivity contribution in [2.24, 2.45) is 0 Å². The normalized spacial score (nSPS) is 12.5. The molecule has 0 aliphatic carbocycles. The highest BCUT2D eigenvalue weighted by molar-refractivity contribution is 6.42. The Bertz CT molecular complexity index is 644. The fraction of sp³-hybridized carbons (Fsp3) is 0.200. The first-order valence-corrected chi connectivity index (χ1v) is 6.78. The lowest BCUT2D eigenvalue weighted by Crippen LogP contribution is -2.20. The quantitative estimate of drug-likeness (QED) is 0.850. The molecule has 0 saturated heterocycles.